The maximum Gasteiger partial charge on any atom is 0.410 e. The molecule has 2 aromatic carbocycles. The summed E-state index contributed by atoms with van der Waals surface area (Å²) < 4.78 is 22.5. The van der Waals surface area contributed by atoms with Gasteiger partial charge in [0, 0.05) is 25.8 Å². The molecule has 0 saturated heterocycles. The van der Waals surface area contributed by atoms with Crippen LogP contribution in [0.1, 0.15) is 38.3 Å². The fraction of sp³-hybridized carbons (Fsp3) is 0.480. The molecule has 32 heavy (non-hydrogen) atoms. The van der Waals surface area contributed by atoms with E-state index in [9.17, 15) is 9.90 Å². The van der Waals surface area contributed by atoms with Crippen molar-refractivity contribution in [3.63, 3.8) is 0 Å². The van der Waals surface area contributed by atoms with Crippen molar-refractivity contribution < 1.29 is 28.8 Å². The number of aliphatic hydroxyl groups is 1. The number of rotatable bonds is 8. The molecule has 1 amide bonds. The molecule has 0 saturated carbocycles. The third-order valence-corrected chi connectivity index (χ3v) is 5.24. The van der Waals surface area contributed by atoms with Gasteiger partial charge in [-0.05, 0) is 62.8 Å². The van der Waals surface area contributed by atoms with Gasteiger partial charge in [0.05, 0.1) is 7.11 Å². The van der Waals surface area contributed by atoms with Crippen LogP contribution >= 0.6 is 0 Å². The van der Waals surface area contributed by atoms with Crippen molar-refractivity contribution in [2.75, 3.05) is 34.1 Å². The zero-order valence-corrected chi connectivity index (χ0v) is 19.6. The highest BCUT2D eigenvalue weighted by Gasteiger charge is 2.27. The molecule has 7 nitrogen and oxygen atoms in total. The number of carbonyl (C=O) groups excluding carboxylic acids is 1. The largest absolute Gasteiger partial charge is 0.492 e. The van der Waals surface area contributed by atoms with E-state index in [1.165, 1.54) is 0 Å². The lowest BCUT2D eigenvalue weighted by Crippen LogP contribution is -2.34. The van der Waals surface area contributed by atoms with Gasteiger partial charge in [-0.2, -0.15) is 0 Å². The quantitative estimate of drug-likeness (QED) is 0.651. The van der Waals surface area contributed by atoms with E-state index in [-0.39, 0.29) is 19.5 Å². The van der Waals surface area contributed by atoms with Gasteiger partial charge >= 0.3 is 6.09 Å². The maximum atomic E-state index is 12.3. The van der Waals surface area contributed by atoms with Gasteiger partial charge in [0.15, 0.2) is 11.5 Å². The summed E-state index contributed by atoms with van der Waals surface area (Å²) in [6, 6.07) is 9.98. The van der Waals surface area contributed by atoms with Crippen molar-refractivity contribution in [2.45, 2.75) is 45.6 Å². The molecule has 2 aromatic rings. The lowest BCUT2D eigenvalue weighted by molar-refractivity contribution is 0.0297. The summed E-state index contributed by atoms with van der Waals surface area (Å²) >= 11 is 0. The molecule has 7 heteroatoms. The van der Waals surface area contributed by atoms with Crippen LogP contribution in [0.15, 0.2) is 30.3 Å². The van der Waals surface area contributed by atoms with E-state index in [4.69, 9.17) is 18.9 Å². The molecule has 3 rings (SSSR count). The van der Waals surface area contributed by atoms with Crippen molar-refractivity contribution in [2.24, 2.45) is 0 Å². The number of ether oxygens (including phenoxy) is 4. The van der Waals surface area contributed by atoms with Crippen LogP contribution in [0.3, 0.4) is 0 Å². The first kappa shape index (κ1) is 23.7. The molecule has 1 aliphatic heterocycles. The summed E-state index contributed by atoms with van der Waals surface area (Å²) in [7, 11) is 3.36. The molecule has 1 aliphatic rings. The Kier molecular flexibility index (Phi) is 7.51. The van der Waals surface area contributed by atoms with Crippen LogP contribution < -0.4 is 14.2 Å². The van der Waals surface area contributed by atoms with Gasteiger partial charge in [-0.1, -0.05) is 24.3 Å². The van der Waals surface area contributed by atoms with Crippen molar-refractivity contribution in [3.8, 4) is 28.4 Å². The van der Waals surface area contributed by atoms with E-state index in [2.05, 4.69) is 0 Å². The fourth-order valence-corrected chi connectivity index (χ4v) is 3.80. The highest BCUT2D eigenvalue weighted by atomic mass is 16.7. The second kappa shape index (κ2) is 10.1. The predicted molar refractivity (Wildman–Crippen MR) is 123 cm³/mol. The van der Waals surface area contributed by atoms with E-state index < -0.39 is 5.60 Å². The molecule has 0 fully saturated rings. The second-order valence-corrected chi connectivity index (χ2v) is 8.81. The molecule has 0 radical (unpaired) electrons. The smallest absolute Gasteiger partial charge is 0.410 e. The molecule has 0 aromatic heterocycles. The maximum absolute atomic E-state index is 12.3. The van der Waals surface area contributed by atoms with Crippen molar-refractivity contribution in [3.05, 3.63) is 41.5 Å². The van der Waals surface area contributed by atoms with Gasteiger partial charge in [-0.3, -0.25) is 0 Å². The lowest BCUT2D eigenvalue weighted by Gasteiger charge is -2.25. The van der Waals surface area contributed by atoms with Gasteiger partial charge in [-0.15, -0.1) is 0 Å². The number of aliphatic hydroxyl groups excluding tert-OH is 1. The van der Waals surface area contributed by atoms with E-state index in [0.29, 0.717) is 43.1 Å². The zero-order chi connectivity index (χ0) is 23.3. The standard InChI is InChI=1S/C25H33NO6/c1-25(2,3)32-24(28)26(4)13-8-11-19-20(18-10-7-6-9-17(18)12-14-27)15-21-23(22(19)29-5)31-16-30-21/h6-7,9-10,15,27H,8,11-14,16H2,1-5H3. The number of nitrogens with zero attached hydrogens (tertiary/aromatic N) is 1. The van der Waals surface area contributed by atoms with Crippen LogP contribution in [-0.4, -0.2) is 55.8 Å². The van der Waals surface area contributed by atoms with Gasteiger partial charge in [0.25, 0.3) is 0 Å². The SMILES string of the molecule is COc1c(CCCN(C)C(=O)OC(C)(C)C)c(-c2ccccc2CCO)cc2c1OCO2. The topological polar surface area (TPSA) is 77.5 Å². The van der Waals surface area contributed by atoms with Crippen LogP contribution in [0.25, 0.3) is 11.1 Å². The van der Waals surface area contributed by atoms with Gasteiger partial charge in [-0.25, -0.2) is 4.79 Å². The second-order valence-electron chi connectivity index (χ2n) is 8.81. The summed E-state index contributed by atoms with van der Waals surface area (Å²) in [5.41, 5.74) is 3.50. The number of benzene rings is 2. The normalized spacial score (nSPS) is 12.6. The van der Waals surface area contributed by atoms with Crippen molar-refractivity contribution >= 4 is 6.09 Å². The molecule has 0 atom stereocenters. The number of carbonyl (C=O) groups is 1. The number of fused-ring (bicyclic) bond motifs is 1. The summed E-state index contributed by atoms with van der Waals surface area (Å²) in [5.74, 6) is 1.89. The van der Waals surface area contributed by atoms with Gasteiger partial charge in [0.1, 0.15) is 5.60 Å². The van der Waals surface area contributed by atoms with E-state index >= 15 is 0 Å². The minimum atomic E-state index is -0.532. The number of amides is 1. The Morgan fingerprint density at radius 2 is 1.91 bits per heavy atom. The Bertz CT molecular complexity index is 950. The summed E-state index contributed by atoms with van der Waals surface area (Å²) in [5, 5.41) is 9.53. The Hall–Kier alpha value is -2.93. The first-order chi connectivity index (χ1) is 15.2. The Labute approximate surface area is 189 Å². The van der Waals surface area contributed by atoms with Crippen LogP contribution in [-0.2, 0) is 17.6 Å². The fourth-order valence-electron chi connectivity index (χ4n) is 3.80. The van der Waals surface area contributed by atoms with E-state index in [0.717, 1.165) is 22.3 Å². The van der Waals surface area contributed by atoms with Crippen LogP contribution in [0.2, 0.25) is 0 Å². The van der Waals surface area contributed by atoms with Crippen molar-refractivity contribution in [1.82, 2.24) is 4.90 Å². The first-order valence-electron chi connectivity index (χ1n) is 10.9. The lowest BCUT2D eigenvalue weighted by atomic mass is 9.91. The van der Waals surface area contributed by atoms with Crippen LogP contribution in [0.5, 0.6) is 17.2 Å². The van der Waals surface area contributed by atoms with Crippen LogP contribution in [0.4, 0.5) is 4.79 Å². The van der Waals surface area contributed by atoms with Gasteiger partial charge in [0.2, 0.25) is 12.5 Å². The third-order valence-electron chi connectivity index (χ3n) is 5.24. The summed E-state index contributed by atoms with van der Waals surface area (Å²) in [6.45, 7) is 6.30. The molecular weight excluding hydrogens is 410 g/mol. The molecule has 0 spiro atoms. The van der Waals surface area contributed by atoms with Gasteiger partial charge < -0.3 is 29.0 Å². The molecule has 1 N–H and O–H groups in total. The minimum Gasteiger partial charge on any atom is -0.492 e. The molecule has 0 aliphatic carbocycles. The Morgan fingerprint density at radius 1 is 1.16 bits per heavy atom. The summed E-state index contributed by atoms with van der Waals surface area (Å²) in [4.78, 5) is 13.9. The zero-order valence-electron chi connectivity index (χ0n) is 19.6. The third kappa shape index (κ3) is 5.46. The Balaban J connectivity index is 1.90. The molecule has 1 heterocycles. The predicted octanol–water partition coefficient (Wildman–Crippen LogP) is 4.43. The molecule has 174 valence electrons. The monoisotopic (exact) mass is 443 g/mol. The first-order valence-corrected chi connectivity index (χ1v) is 10.9. The number of methoxy groups -OCH3 is 1. The van der Waals surface area contributed by atoms with E-state index in [1.54, 1.807) is 19.1 Å². The average molecular weight is 444 g/mol. The highest BCUT2D eigenvalue weighted by molar-refractivity contribution is 5.78. The average Bonchev–Trinajstić information content (AvgIpc) is 3.21. The number of hydrogen-bond donors (Lipinski definition) is 1. The van der Waals surface area contributed by atoms with Crippen molar-refractivity contribution in [1.29, 1.82) is 0 Å². The highest BCUT2D eigenvalue weighted by Crippen LogP contribution is 2.48. The molecular formula is C25H33NO6. The van der Waals surface area contributed by atoms with E-state index in [1.807, 2.05) is 51.1 Å². The van der Waals surface area contributed by atoms with Crippen LogP contribution in [0, 0.1) is 0 Å². The minimum absolute atomic E-state index is 0.0642. The number of hydrogen-bond acceptors (Lipinski definition) is 6. The molecule has 0 unspecified atom stereocenters. The molecule has 0 bridgehead atoms. The summed E-state index contributed by atoms with van der Waals surface area (Å²) in [6.07, 6.45) is 1.58. The Morgan fingerprint density at radius 3 is 2.59 bits per heavy atom.